The van der Waals surface area contributed by atoms with E-state index in [1.54, 1.807) is 0 Å². The largest absolute Gasteiger partial charge is 0.354 e. The molecule has 1 saturated heterocycles. The fraction of sp³-hybridized carbons (Fsp3) is 0.909. The average Bonchev–Trinajstić information content (AvgIpc) is 2.86. The van der Waals surface area contributed by atoms with Crippen LogP contribution < -0.4 is 11.1 Å². The van der Waals surface area contributed by atoms with Gasteiger partial charge in [-0.3, -0.25) is 4.99 Å². The van der Waals surface area contributed by atoms with Crippen LogP contribution in [0.5, 0.6) is 0 Å². The molecule has 3 unspecified atom stereocenters. The molecule has 2 fully saturated rings. The summed E-state index contributed by atoms with van der Waals surface area (Å²) in [6.07, 6.45) is 3.90. The van der Waals surface area contributed by atoms with E-state index in [1.807, 2.05) is 0 Å². The molecule has 0 aromatic rings. The first-order valence-corrected chi connectivity index (χ1v) is 6.13. The van der Waals surface area contributed by atoms with Crippen molar-refractivity contribution in [2.24, 2.45) is 22.6 Å². The van der Waals surface area contributed by atoms with Crippen LogP contribution in [0.15, 0.2) is 4.99 Å². The van der Waals surface area contributed by atoms with E-state index >= 15 is 0 Å². The molecule has 3 N–H and O–H groups in total. The lowest BCUT2D eigenvalue weighted by Crippen LogP contribution is -2.40. The maximum absolute atomic E-state index is 6.19. The number of nitrogens with two attached hydrogens (primary N) is 1. The minimum absolute atomic E-state index is 0.427. The van der Waals surface area contributed by atoms with Crippen molar-refractivity contribution in [1.82, 2.24) is 10.2 Å². The molecule has 0 aromatic heterocycles. The first-order valence-electron chi connectivity index (χ1n) is 6.13. The van der Waals surface area contributed by atoms with Crippen LogP contribution in [0.3, 0.4) is 0 Å². The van der Waals surface area contributed by atoms with Crippen LogP contribution in [0.2, 0.25) is 0 Å². The van der Waals surface area contributed by atoms with E-state index in [9.17, 15) is 0 Å². The minimum atomic E-state index is 0.427. The third kappa shape index (κ3) is 1.61. The molecule has 1 aliphatic carbocycles. The normalized spacial score (nSPS) is 39.9. The Morgan fingerprint density at radius 1 is 1.33 bits per heavy atom. The smallest absolute Gasteiger partial charge is 0.194 e. The number of hydrogen-bond acceptors (Lipinski definition) is 4. The van der Waals surface area contributed by atoms with E-state index in [0.717, 1.165) is 31.5 Å². The highest BCUT2D eigenvalue weighted by atomic mass is 15.3. The van der Waals surface area contributed by atoms with Crippen LogP contribution in [0.25, 0.3) is 0 Å². The Labute approximate surface area is 90.9 Å². The molecule has 15 heavy (non-hydrogen) atoms. The second kappa shape index (κ2) is 3.67. The van der Waals surface area contributed by atoms with Crippen molar-refractivity contribution in [3.8, 4) is 0 Å². The van der Waals surface area contributed by atoms with Gasteiger partial charge in [-0.05, 0) is 24.7 Å². The summed E-state index contributed by atoms with van der Waals surface area (Å²) in [7, 11) is 0. The molecule has 0 aromatic carbocycles. The van der Waals surface area contributed by atoms with Gasteiger partial charge in [0.1, 0.15) is 0 Å². The first kappa shape index (κ1) is 9.46. The second-order valence-corrected chi connectivity index (χ2v) is 5.06. The first-order chi connectivity index (χ1) is 7.34. The predicted octanol–water partition coefficient (Wildman–Crippen LogP) is 0.00480. The fourth-order valence-corrected chi connectivity index (χ4v) is 3.29. The standard InChI is InChI=1S/C11H20N4/c12-10-3-1-2-8-6-15(7-9(8)10)11-13-4-5-14-11/h8-10H,1-7,12H2,(H,13,14). The van der Waals surface area contributed by atoms with E-state index in [0.29, 0.717) is 12.0 Å². The zero-order valence-electron chi connectivity index (χ0n) is 9.15. The van der Waals surface area contributed by atoms with Gasteiger partial charge in [-0.1, -0.05) is 6.42 Å². The van der Waals surface area contributed by atoms with Crippen molar-refractivity contribution in [2.75, 3.05) is 26.2 Å². The van der Waals surface area contributed by atoms with Crippen LogP contribution in [0, 0.1) is 11.8 Å². The zero-order chi connectivity index (χ0) is 10.3. The Kier molecular flexibility index (Phi) is 2.31. The summed E-state index contributed by atoms with van der Waals surface area (Å²) in [5, 5.41) is 3.36. The van der Waals surface area contributed by atoms with E-state index in [-0.39, 0.29) is 0 Å². The maximum Gasteiger partial charge on any atom is 0.194 e. The van der Waals surface area contributed by atoms with Gasteiger partial charge in [-0.25, -0.2) is 0 Å². The number of aliphatic imine (C=N–C) groups is 1. The molecule has 3 aliphatic rings. The van der Waals surface area contributed by atoms with Crippen molar-refractivity contribution in [3.05, 3.63) is 0 Å². The minimum Gasteiger partial charge on any atom is -0.354 e. The number of rotatable bonds is 0. The molecule has 84 valence electrons. The van der Waals surface area contributed by atoms with Gasteiger partial charge < -0.3 is 16.0 Å². The van der Waals surface area contributed by atoms with E-state index in [2.05, 4.69) is 15.2 Å². The molecule has 3 atom stereocenters. The number of fused-ring (bicyclic) bond motifs is 1. The summed E-state index contributed by atoms with van der Waals surface area (Å²) in [4.78, 5) is 6.90. The summed E-state index contributed by atoms with van der Waals surface area (Å²) < 4.78 is 0. The van der Waals surface area contributed by atoms with E-state index < -0.39 is 0 Å². The Balaban J connectivity index is 1.70. The molecule has 1 saturated carbocycles. The molecule has 4 heteroatoms. The van der Waals surface area contributed by atoms with Crippen LogP contribution >= 0.6 is 0 Å². The highest BCUT2D eigenvalue weighted by Crippen LogP contribution is 2.35. The quantitative estimate of drug-likeness (QED) is 0.589. The SMILES string of the molecule is NC1CCCC2CN(C3=NCCN3)CC12. The number of nitrogens with zero attached hydrogens (tertiary/aromatic N) is 2. The van der Waals surface area contributed by atoms with Gasteiger partial charge in [0.05, 0.1) is 6.54 Å². The van der Waals surface area contributed by atoms with Gasteiger partial charge in [0.2, 0.25) is 0 Å². The van der Waals surface area contributed by atoms with Crippen LogP contribution in [0.1, 0.15) is 19.3 Å². The zero-order valence-corrected chi connectivity index (χ0v) is 9.15. The third-order valence-electron chi connectivity index (χ3n) is 4.11. The van der Waals surface area contributed by atoms with Crippen molar-refractivity contribution < 1.29 is 0 Å². The molecule has 2 aliphatic heterocycles. The van der Waals surface area contributed by atoms with Gasteiger partial charge >= 0.3 is 0 Å². The van der Waals surface area contributed by atoms with Gasteiger partial charge in [-0.15, -0.1) is 0 Å². The van der Waals surface area contributed by atoms with E-state index in [4.69, 9.17) is 5.73 Å². The summed E-state index contributed by atoms with van der Waals surface area (Å²) in [5.41, 5.74) is 6.19. The number of hydrogen-bond donors (Lipinski definition) is 2. The van der Waals surface area contributed by atoms with Crippen molar-refractivity contribution in [1.29, 1.82) is 0 Å². The number of guanidine groups is 1. The summed E-state index contributed by atoms with van der Waals surface area (Å²) in [6.45, 7) is 4.24. The lowest BCUT2D eigenvalue weighted by Gasteiger charge is -2.29. The molecule has 4 nitrogen and oxygen atoms in total. The molecule has 0 spiro atoms. The van der Waals surface area contributed by atoms with Gasteiger partial charge in [-0.2, -0.15) is 0 Å². The lowest BCUT2D eigenvalue weighted by atomic mass is 9.78. The Bertz CT molecular complexity index is 276. The fourth-order valence-electron chi connectivity index (χ4n) is 3.29. The van der Waals surface area contributed by atoms with Crippen molar-refractivity contribution >= 4 is 5.96 Å². The molecule has 2 heterocycles. The van der Waals surface area contributed by atoms with Gasteiger partial charge in [0.25, 0.3) is 0 Å². The molecule has 0 radical (unpaired) electrons. The van der Waals surface area contributed by atoms with Crippen molar-refractivity contribution in [3.63, 3.8) is 0 Å². The predicted molar refractivity (Wildman–Crippen MR) is 60.7 cm³/mol. The topological polar surface area (TPSA) is 53.6 Å². The monoisotopic (exact) mass is 208 g/mol. The molecule has 0 amide bonds. The number of nitrogens with one attached hydrogen (secondary N) is 1. The Morgan fingerprint density at radius 2 is 2.27 bits per heavy atom. The van der Waals surface area contributed by atoms with Gasteiger partial charge in [0.15, 0.2) is 5.96 Å². The molecular weight excluding hydrogens is 188 g/mol. The second-order valence-electron chi connectivity index (χ2n) is 5.06. The van der Waals surface area contributed by atoms with Gasteiger partial charge in [0, 0.05) is 25.7 Å². The van der Waals surface area contributed by atoms with Crippen LogP contribution in [-0.4, -0.2) is 43.1 Å². The van der Waals surface area contributed by atoms with Crippen molar-refractivity contribution in [2.45, 2.75) is 25.3 Å². The Hall–Kier alpha value is -0.770. The highest BCUT2D eigenvalue weighted by Gasteiger charge is 2.39. The summed E-state index contributed by atoms with van der Waals surface area (Å²) in [6, 6.07) is 0.427. The molecule has 3 rings (SSSR count). The number of likely N-dealkylation sites (tertiary alicyclic amines) is 1. The summed E-state index contributed by atoms with van der Waals surface area (Å²) in [5.74, 6) is 2.65. The summed E-state index contributed by atoms with van der Waals surface area (Å²) >= 11 is 0. The Morgan fingerprint density at radius 3 is 3.00 bits per heavy atom. The molecular formula is C11H20N4. The van der Waals surface area contributed by atoms with Crippen LogP contribution in [0.4, 0.5) is 0 Å². The maximum atomic E-state index is 6.19. The molecule has 0 bridgehead atoms. The van der Waals surface area contributed by atoms with E-state index in [1.165, 1.54) is 25.8 Å². The third-order valence-corrected chi connectivity index (χ3v) is 4.11. The van der Waals surface area contributed by atoms with Crippen LogP contribution in [-0.2, 0) is 0 Å². The highest BCUT2D eigenvalue weighted by molar-refractivity contribution is 5.81. The lowest BCUT2D eigenvalue weighted by molar-refractivity contribution is 0.260. The average molecular weight is 208 g/mol.